The predicted molar refractivity (Wildman–Crippen MR) is 166 cm³/mol. The number of amides is 1. The lowest BCUT2D eigenvalue weighted by atomic mass is 9.82. The fourth-order valence-electron chi connectivity index (χ4n) is 5.18. The zero-order valence-corrected chi connectivity index (χ0v) is 27.3. The molecular formula is C28H39IN6O4Si. The minimum absolute atomic E-state index is 0.300. The first-order valence-electron chi connectivity index (χ1n) is 13.8. The first-order valence-corrected chi connectivity index (χ1v) is 18.6. The molecule has 1 aromatic carbocycles. The highest BCUT2D eigenvalue weighted by atomic mass is 127. The van der Waals surface area contributed by atoms with Gasteiger partial charge in [-0.2, -0.15) is 5.10 Å². The maximum atomic E-state index is 12.8. The van der Waals surface area contributed by atoms with Crippen molar-refractivity contribution < 1.29 is 19.0 Å². The molecule has 1 N–H and O–H groups in total. The van der Waals surface area contributed by atoms with Crippen LogP contribution in [0.4, 0.5) is 10.6 Å². The second-order valence-corrected chi connectivity index (χ2v) is 19.5. The maximum Gasteiger partial charge on any atom is 0.408 e. The van der Waals surface area contributed by atoms with Gasteiger partial charge in [-0.3, -0.25) is 0 Å². The van der Waals surface area contributed by atoms with Gasteiger partial charge in [0.2, 0.25) is 0 Å². The molecule has 1 spiro atoms. The van der Waals surface area contributed by atoms with Crippen LogP contribution in [0.3, 0.4) is 0 Å². The van der Waals surface area contributed by atoms with E-state index in [2.05, 4.69) is 57.5 Å². The Morgan fingerprint density at radius 1 is 1.23 bits per heavy atom. The van der Waals surface area contributed by atoms with E-state index < -0.39 is 25.4 Å². The van der Waals surface area contributed by atoms with Gasteiger partial charge in [0.25, 0.3) is 0 Å². The van der Waals surface area contributed by atoms with Crippen molar-refractivity contribution in [1.82, 2.24) is 25.1 Å². The second kappa shape index (κ2) is 11.1. The zero-order chi connectivity index (χ0) is 28.7. The van der Waals surface area contributed by atoms with E-state index in [0.717, 1.165) is 44.6 Å². The monoisotopic (exact) mass is 678 g/mol. The Balaban J connectivity index is 1.31. The predicted octanol–water partition coefficient (Wildman–Crippen LogP) is 5.74. The van der Waals surface area contributed by atoms with Crippen molar-refractivity contribution in [3.05, 3.63) is 39.7 Å². The van der Waals surface area contributed by atoms with E-state index in [9.17, 15) is 4.79 Å². The topological polar surface area (TPSA) is 104 Å². The summed E-state index contributed by atoms with van der Waals surface area (Å²) in [6, 6.07) is 8.73. The molecule has 40 heavy (non-hydrogen) atoms. The summed E-state index contributed by atoms with van der Waals surface area (Å²) in [4.78, 5) is 24.7. The van der Waals surface area contributed by atoms with Gasteiger partial charge in [-0.05, 0) is 55.5 Å². The number of hydrogen-bond donors (Lipinski definition) is 1. The zero-order valence-electron chi connectivity index (χ0n) is 24.2. The summed E-state index contributed by atoms with van der Waals surface area (Å²) < 4.78 is 20.7. The number of ether oxygens (including phenoxy) is 3. The summed E-state index contributed by atoms with van der Waals surface area (Å²) >= 11 is 2.20. The SMILES string of the molecule is CC(C)(C)OC(=O)N[C@@H]1c2ccccc2OC12CCN(c1cnc3c(I)nn(COCC[Si](C)(C)C)c3n1)CC2. The Hall–Kier alpha value is -2.45. The Bertz CT molecular complexity index is 1380. The lowest BCUT2D eigenvalue weighted by molar-refractivity contribution is 0.0149. The summed E-state index contributed by atoms with van der Waals surface area (Å²) in [6.07, 6.45) is 2.80. The Kier molecular flexibility index (Phi) is 8.05. The number of nitrogens with zero attached hydrogens (tertiary/aromatic N) is 5. The number of fused-ring (bicyclic) bond motifs is 2. The van der Waals surface area contributed by atoms with E-state index in [4.69, 9.17) is 24.2 Å². The molecule has 1 atom stereocenters. The number of anilines is 1. The summed E-state index contributed by atoms with van der Waals surface area (Å²) in [6.45, 7) is 15.1. The minimum Gasteiger partial charge on any atom is -0.484 e. The Labute approximate surface area is 250 Å². The van der Waals surface area contributed by atoms with Gasteiger partial charge in [0.1, 0.15) is 41.1 Å². The number of rotatable bonds is 7. The average molecular weight is 679 g/mol. The van der Waals surface area contributed by atoms with E-state index in [-0.39, 0.29) is 6.04 Å². The van der Waals surface area contributed by atoms with Crippen LogP contribution in [-0.4, -0.2) is 64.8 Å². The number of carbonyl (C=O) groups is 1. The van der Waals surface area contributed by atoms with Crippen LogP contribution in [0.1, 0.15) is 45.2 Å². The molecule has 216 valence electrons. The highest BCUT2D eigenvalue weighted by Crippen LogP contribution is 2.48. The summed E-state index contributed by atoms with van der Waals surface area (Å²) in [7, 11) is -1.17. The minimum atomic E-state index is -1.17. The molecule has 0 saturated carbocycles. The van der Waals surface area contributed by atoms with Gasteiger partial charge >= 0.3 is 6.09 Å². The van der Waals surface area contributed by atoms with Gasteiger partial charge in [0.05, 0.1) is 6.20 Å². The van der Waals surface area contributed by atoms with Crippen LogP contribution < -0.4 is 15.0 Å². The van der Waals surface area contributed by atoms with Crippen molar-refractivity contribution in [3.63, 3.8) is 0 Å². The first-order chi connectivity index (χ1) is 18.8. The van der Waals surface area contributed by atoms with Crippen molar-refractivity contribution in [2.75, 3.05) is 24.6 Å². The number of hydrogen-bond acceptors (Lipinski definition) is 8. The molecule has 1 amide bonds. The van der Waals surface area contributed by atoms with Crippen molar-refractivity contribution in [3.8, 4) is 5.75 Å². The third-order valence-corrected chi connectivity index (χ3v) is 9.69. The lowest BCUT2D eigenvalue weighted by Crippen LogP contribution is -2.54. The van der Waals surface area contributed by atoms with Crippen molar-refractivity contribution >= 4 is 53.7 Å². The third-order valence-electron chi connectivity index (χ3n) is 7.26. The maximum absolute atomic E-state index is 12.8. The smallest absolute Gasteiger partial charge is 0.408 e. The Morgan fingerprint density at radius 3 is 2.65 bits per heavy atom. The van der Waals surface area contributed by atoms with Crippen LogP contribution in [0.25, 0.3) is 11.2 Å². The van der Waals surface area contributed by atoms with E-state index in [1.807, 2.05) is 51.2 Å². The summed E-state index contributed by atoms with van der Waals surface area (Å²) in [5, 5.41) is 7.75. The third kappa shape index (κ3) is 6.38. The van der Waals surface area contributed by atoms with Gasteiger partial charge < -0.3 is 24.4 Å². The highest BCUT2D eigenvalue weighted by molar-refractivity contribution is 14.1. The molecule has 2 aliphatic rings. The molecule has 5 rings (SSSR count). The fourth-order valence-corrected chi connectivity index (χ4v) is 6.58. The van der Waals surface area contributed by atoms with Crippen LogP contribution in [0, 0.1) is 3.70 Å². The molecule has 3 aromatic rings. The van der Waals surface area contributed by atoms with Gasteiger partial charge in [-0.15, -0.1) is 0 Å². The molecular weight excluding hydrogens is 639 g/mol. The van der Waals surface area contributed by atoms with Gasteiger partial charge in [0, 0.05) is 46.2 Å². The van der Waals surface area contributed by atoms with Gasteiger partial charge in [-0.25, -0.2) is 19.4 Å². The number of carbonyl (C=O) groups excluding carboxylic acids is 1. The number of benzene rings is 1. The molecule has 0 bridgehead atoms. The summed E-state index contributed by atoms with van der Waals surface area (Å²) in [5.74, 6) is 1.61. The van der Waals surface area contributed by atoms with Crippen LogP contribution in [0.5, 0.6) is 5.75 Å². The average Bonchev–Trinajstić information content (AvgIpc) is 3.34. The number of alkyl carbamates (subject to hydrolysis) is 1. The lowest BCUT2D eigenvalue weighted by Gasteiger charge is -2.42. The Morgan fingerprint density at radius 2 is 1.95 bits per heavy atom. The van der Waals surface area contributed by atoms with Crippen LogP contribution in [-0.2, 0) is 16.2 Å². The standard InChI is InChI=1S/C28H39IN6O4Si/c1-27(2,3)39-26(36)32-23-19-9-7-8-10-20(19)38-28(23)11-13-34(14-12-28)21-17-30-22-24(29)33-35(25(22)31-21)18-37-15-16-40(4,5)6/h7-10,17,23H,11-16,18H2,1-6H3,(H,32,36)/t23-/m1/s1. The van der Waals surface area contributed by atoms with Gasteiger partial charge in [0.15, 0.2) is 9.35 Å². The molecule has 2 aromatic heterocycles. The summed E-state index contributed by atoms with van der Waals surface area (Å²) in [5.41, 5.74) is 1.35. The van der Waals surface area contributed by atoms with Crippen LogP contribution in [0.2, 0.25) is 25.7 Å². The fraction of sp³-hybridized carbons (Fsp3) is 0.571. The van der Waals surface area contributed by atoms with E-state index in [1.165, 1.54) is 0 Å². The molecule has 0 aliphatic carbocycles. The molecule has 1 fully saturated rings. The van der Waals surface area contributed by atoms with Crippen molar-refractivity contribution in [1.29, 1.82) is 0 Å². The van der Waals surface area contributed by atoms with E-state index in [0.29, 0.717) is 32.7 Å². The number of aromatic nitrogens is 4. The molecule has 10 nitrogen and oxygen atoms in total. The number of piperidine rings is 1. The first kappa shape index (κ1) is 29.1. The van der Waals surface area contributed by atoms with Crippen molar-refractivity contribution in [2.45, 2.75) is 83.3 Å². The molecule has 12 heteroatoms. The molecule has 2 aliphatic heterocycles. The van der Waals surface area contributed by atoms with Gasteiger partial charge in [-0.1, -0.05) is 37.8 Å². The number of nitrogens with one attached hydrogen (secondary N) is 1. The van der Waals surface area contributed by atoms with E-state index in [1.54, 1.807) is 4.68 Å². The second-order valence-electron chi connectivity index (χ2n) is 12.8. The molecule has 0 radical (unpaired) electrons. The number of halogens is 1. The normalized spacial score (nSPS) is 18.6. The van der Waals surface area contributed by atoms with E-state index >= 15 is 0 Å². The van der Waals surface area contributed by atoms with Crippen LogP contribution >= 0.6 is 22.6 Å². The molecule has 4 heterocycles. The molecule has 0 unspecified atom stereocenters. The number of para-hydroxylation sites is 1. The largest absolute Gasteiger partial charge is 0.484 e. The van der Waals surface area contributed by atoms with Crippen molar-refractivity contribution in [2.24, 2.45) is 0 Å². The highest BCUT2D eigenvalue weighted by Gasteiger charge is 2.51. The molecule has 1 saturated heterocycles. The van der Waals surface area contributed by atoms with Crippen LogP contribution in [0.15, 0.2) is 30.5 Å². The quantitative estimate of drug-likeness (QED) is 0.192.